The zero-order valence-corrected chi connectivity index (χ0v) is 23.2. The molecular weight excluding hydrogens is 488 g/mol. The third-order valence-electron chi connectivity index (χ3n) is 8.49. The molecule has 39 heavy (non-hydrogen) atoms. The van der Waals surface area contributed by atoms with Gasteiger partial charge in [0.1, 0.15) is 0 Å². The molecule has 0 radical (unpaired) electrons. The molecule has 0 aromatic heterocycles. The van der Waals surface area contributed by atoms with E-state index in [0.717, 1.165) is 35.4 Å². The fourth-order valence-electron chi connectivity index (χ4n) is 6.14. The first-order valence-electron chi connectivity index (χ1n) is 14.7. The van der Waals surface area contributed by atoms with Crippen LogP contribution < -0.4 is 4.74 Å². The number of methoxy groups -OCH3 is 1. The van der Waals surface area contributed by atoms with Gasteiger partial charge in [-0.2, -0.15) is 0 Å². The molecule has 1 saturated carbocycles. The van der Waals surface area contributed by atoms with E-state index in [1.54, 1.807) is 12.1 Å². The highest BCUT2D eigenvalue weighted by molar-refractivity contribution is 6.06. The Balaban J connectivity index is 1.56. The molecule has 0 spiro atoms. The molecule has 5 heteroatoms. The van der Waals surface area contributed by atoms with Gasteiger partial charge in [-0.15, -0.1) is 5.92 Å². The minimum absolute atomic E-state index is 0.0127. The lowest BCUT2D eigenvalue weighted by Gasteiger charge is -2.22. The first-order chi connectivity index (χ1) is 19.0. The number of aliphatic hydroxyl groups excluding tert-OH is 1. The SMILES string of the molecule is COc1cc2c(cc1O)[C@H](c1ccccc1)C#CC[C@@H](CCCCCC1CCCCC1)C(=O)[C@H](O)C(=O)CC2. The number of aromatic hydroxyl groups is 1. The second-order valence-electron chi connectivity index (χ2n) is 11.2. The lowest BCUT2D eigenvalue weighted by molar-refractivity contribution is -0.141. The highest BCUT2D eigenvalue weighted by atomic mass is 16.5. The van der Waals surface area contributed by atoms with Gasteiger partial charge in [-0.25, -0.2) is 0 Å². The monoisotopic (exact) mass is 530 g/mol. The van der Waals surface area contributed by atoms with E-state index in [1.807, 2.05) is 30.3 Å². The summed E-state index contributed by atoms with van der Waals surface area (Å²) in [6, 6.07) is 13.3. The summed E-state index contributed by atoms with van der Waals surface area (Å²) < 4.78 is 5.32. The van der Waals surface area contributed by atoms with Crippen LogP contribution >= 0.6 is 0 Å². The Kier molecular flexibility index (Phi) is 10.6. The van der Waals surface area contributed by atoms with Crippen LogP contribution in [0.1, 0.15) is 99.7 Å². The lowest BCUT2D eigenvalue weighted by Crippen LogP contribution is -2.35. The second kappa shape index (κ2) is 14.3. The van der Waals surface area contributed by atoms with Gasteiger partial charge in [-0.05, 0) is 47.6 Å². The maximum atomic E-state index is 13.2. The molecule has 0 bridgehead atoms. The number of aliphatic hydroxyl groups is 1. The normalized spacial score (nSPS) is 22.7. The lowest BCUT2D eigenvalue weighted by atomic mass is 9.83. The van der Waals surface area contributed by atoms with Gasteiger partial charge in [-0.1, -0.05) is 94.0 Å². The molecule has 3 atom stereocenters. The van der Waals surface area contributed by atoms with Crippen molar-refractivity contribution in [1.82, 2.24) is 0 Å². The number of fused-ring (bicyclic) bond motifs is 1. The molecule has 2 N–H and O–H groups in total. The molecule has 0 amide bonds. The zero-order valence-electron chi connectivity index (χ0n) is 23.2. The van der Waals surface area contributed by atoms with Crippen LogP contribution in [-0.4, -0.2) is 35.0 Å². The highest BCUT2D eigenvalue weighted by Gasteiger charge is 2.31. The topological polar surface area (TPSA) is 83.8 Å². The first kappa shape index (κ1) is 28.9. The maximum Gasteiger partial charge on any atom is 0.172 e. The van der Waals surface area contributed by atoms with Gasteiger partial charge in [0.25, 0.3) is 0 Å². The van der Waals surface area contributed by atoms with E-state index in [2.05, 4.69) is 11.8 Å². The summed E-state index contributed by atoms with van der Waals surface area (Å²) in [5, 5.41) is 21.3. The minimum atomic E-state index is -1.62. The molecule has 0 saturated heterocycles. The zero-order chi connectivity index (χ0) is 27.6. The summed E-state index contributed by atoms with van der Waals surface area (Å²) in [7, 11) is 1.48. The summed E-state index contributed by atoms with van der Waals surface area (Å²) in [5.74, 6) is 6.13. The summed E-state index contributed by atoms with van der Waals surface area (Å²) in [6.45, 7) is 0. The van der Waals surface area contributed by atoms with E-state index >= 15 is 0 Å². The fraction of sp³-hybridized carbons (Fsp3) is 0.529. The van der Waals surface area contributed by atoms with E-state index in [4.69, 9.17) is 4.74 Å². The van der Waals surface area contributed by atoms with Gasteiger partial charge in [0.2, 0.25) is 0 Å². The van der Waals surface area contributed by atoms with Crippen LogP contribution in [0.2, 0.25) is 0 Å². The molecule has 1 fully saturated rings. The van der Waals surface area contributed by atoms with Gasteiger partial charge < -0.3 is 14.9 Å². The summed E-state index contributed by atoms with van der Waals surface area (Å²) in [6.07, 6.45) is 10.8. The predicted octanol–water partition coefficient (Wildman–Crippen LogP) is 6.52. The van der Waals surface area contributed by atoms with Crippen molar-refractivity contribution < 1.29 is 24.5 Å². The number of carbonyl (C=O) groups is 2. The quantitative estimate of drug-likeness (QED) is 0.231. The predicted molar refractivity (Wildman–Crippen MR) is 153 cm³/mol. The number of unbranched alkanes of at least 4 members (excludes halogenated alkanes) is 2. The van der Waals surface area contributed by atoms with Crippen molar-refractivity contribution in [3.8, 4) is 23.3 Å². The van der Waals surface area contributed by atoms with Gasteiger partial charge in [-0.3, -0.25) is 9.59 Å². The van der Waals surface area contributed by atoms with E-state index in [1.165, 1.54) is 52.1 Å². The number of phenolic OH excluding ortho intramolecular Hbond substituents is 1. The fourth-order valence-corrected chi connectivity index (χ4v) is 6.14. The van der Waals surface area contributed by atoms with Gasteiger partial charge in [0, 0.05) is 18.8 Å². The number of Topliss-reactive ketones (excluding diaryl/α,β-unsaturated/α-hetero) is 2. The number of benzene rings is 2. The van der Waals surface area contributed by atoms with Gasteiger partial charge in [0.05, 0.1) is 13.0 Å². The summed E-state index contributed by atoms with van der Waals surface area (Å²) >= 11 is 0. The average molecular weight is 531 g/mol. The number of carbonyl (C=O) groups excluding carboxylic acids is 2. The Labute approximate surface area is 233 Å². The van der Waals surface area contributed by atoms with Crippen molar-refractivity contribution in [3.05, 3.63) is 59.2 Å². The van der Waals surface area contributed by atoms with Crippen LogP contribution in [0.5, 0.6) is 11.5 Å². The Morgan fingerprint density at radius 2 is 1.69 bits per heavy atom. The number of phenols is 1. The third kappa shape index (κ3) is 7.73. The van der Waals surface area contributed by atoms with Crippen LogP contribution in [-0.2, 0) is 16.0 Å². The van der Waals surface area contributed by atoms with Crippen molar-refractivity contribution in [2.75, 3.05) is 7.11 Å². The average Bonchev–Trinajstić information content (AvgIpc) is 2.97. The second-order valence-corrected chi connectivity index (χ2v) is 11.2. The van der Waals surface area contributed by atoms with Gasteiger partial charge in [0.15, 0.2) is 29.2 Å². The van der Waals surface area contributed by atoms with Crippen molar-refractivity contribution in [3.63, 3.8) is 0 Å². The Bertz CT molecular complexity index is 1170. The molecule has 5 nitrogen and oxygen atoms in total. The smallest absolute Gasteiger partial charge is 0.172 e. The molecule has 2 aromatic carbocycles. The van der Waals surface area contributed by atoms with Crippen LogP contribution in [0.15, 0.2) is 42.5 Å². The molecular formula is C34H42O5. The standard InChI is InChI=1S/C34H42O5/c1-39-32-22-27-20-21-30(35)34(38)33(37)26(17-10-3-7-14-24-12-5-2-6-13-24)18-11-19-28(29(27)23-31(32)36)25-15-8-4-9-16-25/h4,8-9,15-16,22-24,26,28,34,36,38H,2-3,5-7,10,12-14,17-18,20-21H2,1H3/t26-,28+,34-/m1/s1. The Morgan fingerprint density at radius 3 is 2.44 bits per heavy atom. The molecule has 4 rings (SSSR count). The third-order valence-corrected chi connectivity index (χ3v) is 8.49. The molecule has 2 aliphatic rings. The Hall–Kier alpha value is -3.10. The maximum absolute atomic E-state index is 13.2. The van der Waals surface area contributed by atoms with E-state index in [9.17, 15) is 19.8 Å². The number of ether oxygens (including phenoxy) is 1. The van der Waals surface area contributed by atoms with E-state index in [-0.39, 0.29) is 18.1 Å². The molecule has 0 unspecified atom stereocenters. The molecule has 208 valence electrons. The molecule has 0 aliphatic heterocycles. The Morgan fingerprint density at radius 1 is 0.949 bits per heavy atom. The first-order valence-corrected chi connectivity index (χ1v) is 14.7. The summed E-state index contributed by atoms with van der Waals surface area (Å²) in [4.78, 5) is 26.2. The summed E-state index contributed by atoms with van der Waals surface area (Å²) in [5.41, 5.74) is 2.58. The minimum Gasteiger partial charge on any atom is -0.504 e. The van der Waals surface area contributed by atoms with Crippen molar-refractivity contribution in [1.29, 1.82) is 0 Å². The van der Waals surface area contributed by atoms with E-state index in [0.29, 0.717) is 25.0 Å². The number of aryl methyl sites for hydroxylation is 1. The molecule has 2 aliphatic carbocycles. The highest BCUT2D eigenvalue weighted by Crippen LogP contribution is 2.37. The largest absolute Gasteiger partial charge is 0.504 e. The molecule has 0 heterocycles. The number of hydrogen-bond donors (Lipinski definition) is 2. The van der Waals surface area contributed by atoms with Crippen molar-refractivity contribution >= 4 is 11.6 Å². The van der Waals surface area contributed by atoms with E-state index < -0.39 is 23.6 Å². The number of rotatable bonds is 8. The van der Waals surface area contributed by atoms with Crippen LogP contribution in [0.25, 0.3) is 0 Å². The van der Waals surface area contributed by atoms with Crippen LogP contribution in [0, 0.1) is 23.7 Å². The van der Waals surface area contributed by atoms with Crippen LogP contribution in [0.4, 0.5) is 0 Å². The van der Waals surface area contributed by atoms with Gasteiger partial charge >= 0.3 is 0 Å². The van der Waals surface area contributed by atoms with Crippen LogP contribution in [0.3, 0.4) is 0 Å². The number of ketones is 2. The number of hydrogen-bond acceptors (Lipinski definition) is 5. The molecule has 2 aromatic rings. The van der Waals surface area contributed by atoms with Crippen molar-refractivity contribution in [2.45, 2.75) is 95.5 Å². The van der Waals surface area contributed by atoms with Crippen molar-refractivity contribution in [2.24, 2.45) is 11.8 Å².